The number of carbonyl (C=O) groups excluding carboxylic acids is 1. The lowest BCUT2D eigenvalue weighted by atomic mass is 10.3. The van der Waals surface area contributed by atoms with Crippen molar-refractivity contribution in [2.45, 2.75) is 12.8 Å². The molecule has 0 saturated carbocycles. The third kappa shape index (κ3) is 4.99. The quantitative estimate of drug-likeness (QED) is 0.387. The van der Waals surface area contributed by atoms with Crippen LogP contribution in [0.4, 0.5) is 5.69 Å². The van der Waals surface area contributed by atoms with Gasteiger partial charge in [0, 0.05) is 18.7 Å². The minimum atomic E-state index is -0.315. The Morgan fingerprint density at radius 2 is 1.94 bits per heavy atom. The molecule has 1 rings (SSSR count). The van der Waals surface area contributed by atoms with E-state index in [-0.39, 0.29) is 5.91 Å². The standard InChI is InChI=1S/C11H16N4O/c12-10(16)7-4-8-14-11(13)15-9-5-2-1-3-6-9/h1-3,5-6H,4,7-8H2,(H2,12,16)(H3,13,14,15). The number of nitrogens with one attached hydrogen (secondary N) is 1. The molecule has 0 radical (unpaired) electrons. The highest BCUT2D eigenvalue weighted by molar-refractivity contribution is 5.92. The van der Waals surface area contributed by atoms with Crippen LogP contribution >= 0.6 is 0 Å². The molecular weight excluding hydrogens is 204 g/mol. The fraction of sp³-hybridized carbons (Fsp3) is 0.273. The normalized spacial score (nSPS) is 11.1. The lowest BCUT2D eigenvalue weighted by Gasteiger charge is -2.04. The number of rotatable bonds is 5. The van der Waals surface area contributed by atoms with Gasteiger partial charge in [-0.15, -0.1) is 0 Å². The number of nitrogens with two attached hydrogens (primary N) is 2. The van der Waals surface area contributed by atoms with E-state index in [0.717, 1.165) is 5.69 Å². The average Bonchev–Trinajstić information content (AvgIpc) is 2.25. The van der Waals surface area contributed by atoms with Gasteiger partial charge in [0.2, 0.25) is 5.91 Å². The maximum atomic E-state index is 10.5. The first-order valence-corrected chi connectivity index (χ1v) is 5.09. The number of amides is 1. The molecule has 1 aromatic carbocycles. The van der Waals surface area contributed by atoms with Crippen LogP contribution in [-0.4, -0.2) is 18.4 Å². The second kappa shape index (κ2) is 6.44. The van der Waals surface area contributed by atoms with Gasteiger partial charge in [0.05, 0.1) is 0 Å². The zero-order valence-electron chi connectivity index (χ0n) is 9.02. The number of guanidine groups is 1. The molecule has 0 aliphatic heterocycles. The maximum absolute atomic E-state index is 10.5. The van der Waals surface area contributed by atoms with Crippen LogP contribution in [0.3, 0.4) is 0 Å². The minimum Gasteiger partial charge on any atom is -0.370 e. The van der Waals surface area contributed by atoms with Gasteiger partial charge >= 0.3 is 0 Å². The number of hydrogen-bond acceptors (Lipinski definition) is 2. The molecule has 0 saturated heterocycles. The SMILES string of the molecule is NC(=O)CCCN=C(N)Nc1ccccc1. The number of nitrogens with zero attached hydrogens (tertiary/aromatic N) is 1. The number of anilines is 1. The van der Waals surface area contributed by atoms with Crippen molar-refractivity contribution >= 4 is 17.6 Å². The van der Waals surface area contributed by atoms with E-state index < -0.39 is 0 Å². The molecule has 0 unspecified atom stereocenters. The molecule has 0 fully saturated rings. The molecule has 5 nitrogen and oxygen atoms in total. The van der Waals surface area contributed by atoms with E-state index in [9.17, 15) is 4.79 Å². The third-order valence-corrected chi connectivity index (χ3v) is 1.91. The van der Waals surface area contributed by atoms with Gasteiger partial charge in [-0.05, 0) is 18.6 Å². The molecule has 0 spiro atoms. The Morgan fingerprint density at radius 1 is 1.25 bits per heavy atom. The first-order valence-electron chi connectivity index (χ1n) is 5.09. The van der Waals surface area contributed by atoms with Crippen LogP contribution in [0.5, 0.6) is 0 Å². The molecule has 0 bridgehead atoms. The van der Waals surface area contributed by atoms with Crippen LogP contribution in [0.15, 0.2) is 35.3 Å². The fourth-order valence-electron chi connectivity index (χ4n) is 1.16. The van der Waals surface area contributed by atoms with E-state index in [1.54, 1.807) is 0 Å². The molecule has 0 aliphatic carbocycles. The van der Waals surface area contributed by atoms with Crippen LogP contribution in [-0.2, 0) is 4.79 Å². The van der Waals surface area contributed by atoms with Gasteiger partial charge in [-0.2, -0.15) is 0 Å². The van der Waals surface area contributed by atoms with Crippen molar-refractivity contribution in [1.82, 2.24) is 0 Å². The predicted octanol–water partition coefficient (Wildman–Crippen LogP) is 0.679. The summed E-state index contributed by atoms with van der Waals surface area (Å²) < 4.78 is 0. The number of aliphatic imine (C=N–C) groups is 1. The van der Waals surface area contributed by atoms with Gasteiger partial charge < -0.3 is 16.8 Å². The Morgan fingerprint density at radius 3 is 2.56 bits per heavy atom. The second-order valence-corrected chi connectivity index (χ2v) is 3.33. The van der Waals surface area contributed by atoms with Crippen LogP contribution < -0.4 is 16.8 Å². The van der Waals surface area contributed by atoms with E-state index in [0.29, 0.717) is 25.3 Å². The topological polar surface area (TPSA) is 93.5 Å². The Hall–Kier alpha value is -2.04. The van der Waals surface area contributed by atoms with Crippen LogP contribution in [0.25, 0.3) is 0 Å². The van der Waals surface area contributed by atoms with Crippen LogP contribution in [0.2, 0.25) is 0 Å². The van der Waals surface area contributed by atoms with Crippen molar-refractivity contribution in [2.75, 3.05) is 11.9 Å². The van der Waals surface area contributed by atoms with E-state index in [2.05, 4.69) is 10.3 Å². The first kappa shape index (κ1) is 12.0. The smallest absolute Gasteiger partial charge is 0.217 e. The minimum absolute atomic E-state index is 0.315. The highest BCUT2D eigenvalue weighted by Crippen LogP contribution is 2.03. The molecule has 1 aromatic rings. The predicted molar refractivity (Wildman–Crippen MR) is 65.0 cm³/mol. The summed E-state index contributed by atoms with van der Waals surface area (Å²) in [6.07, 6.45) is 0.953. The molecule has 0 aliphatic rings. The number of hydrogen-bond donors (Lipinski definition) is 3. The first-order chi connectivity index (χ1) is 7.68. The summed E-state index contributed by atoms with van der Waals surface area (Å²) >= 11 is 0. The van der Waals surface area contributed by atoms with Crippen molar-refractivity contribution in [3.8, 4) is 0 Å². The van der Waals surface area contributed by atoms with E-state index in [1.165, 1.54) is 0 Å². The highest BCUT2D eigenvalue weighted by atomic mass is 16.1. The Bertz CT molecular complexity index is 362. The van der Waals surface area contributed by atoms with E-state index in [1.807, 2.05) is 30.3 Å². The summed E-state index contributed by atoms with van der Waals surface area (Å²) in [4.78, 5) is 14.5. The van der Waals surface area contributed by atoms with Gasteiger partial charge in [0.15, 0.2) is 5.96 Å². The maximum Gasteiger partial charge on any atom is 0.217 e. The number of primary amides is 1. The molecule has 0 aromatic heterocycles. The molecule has 0 atom stereocenters. The summed E-state index contributed by atoms with van der Waals surface area (Å²) in [6, 6.07) is 9.52. The molecular formula is C11H16N4O. The zero-order valence-corrected chi connectivity index (χ0v) is 9.02. The largest absolute Gasteiger partial charge is 0.370 e. The molecule has 5 heteroatoms. The second-order valence-electron chi connectivity index (χ2n) is 3.33. The van der Waals surface area contributed by atoms with Gasteiger partial charge in [-0.25, -0.2) is 0 Å². The molecule has 86 valence electrons. The fourth-order valence-corrected chi connectivity index (χ4v) is 1.16. The zero-order chi connectivity index (χ0) is 11.8. The third-order valence-electron chi connectivity index (χ3n) is 1.91. The lowest BCUT2D eigenvalue weighted by Crippen LogP contribution is -2.23. The van der Waals surface area contributed by atoms with Gasteiger partial charge in [0.1, 0.15) is 0 Å². The van der Waals surface area contributed by atoms with Crippen LogP contribution in [0.1, 0.15) is 12.8 Å². The van der Waals surface area contributed by atoms with Crippen molar-refractivity contribution < 1.29 is 4.79 Å². The van der Waals surface area contributed by atoms with E-state index >= 15 is 0 Å². The van der Waals surface area contributed by atoms with Gasteiger partial charge in [-0.3, -0.25) is 9.79 Å². The number of para-hydroxylation sites is 1. The monoisotopic (exact) mass is 220 g/mol. The summed E-state index contributed by atoms with van der Waals surface area (Å²) in [5.41, 5.74) is 11.5. The van der Waals surface area contributed by atoms with Gasteiger partial charge in [-0.1, -0.05) is 18.2 Å². The average molecular weight is 220 g/mol. The molecule has 16 heavy (non-hydrogen) atoms. The molecule has 0 heterocycles. The van der Waals surface area contributed by atoms with Crippen molar-refractivity contribution in [3.05, 3.63) is 30.3 Å². The summed E-state index contributed by atoms with van der Waals surface area (Å²) in [6.45, 7) is 0.495. The summed E-state index contributed by atoms with van der Waals surface area (Å²) in [5.74, 6) is 0.0282. The number of carbonyl (C=O) groups is 1. The molecule has 5 N–H and O–H groups in total. The molecule has 1 amide bonds. The Labute approximate surface area is 94.5 Å². The van der Waals surface area contributed by atoms with Crippen LogP contribution in [0, 0.1) is 0 Å². The summed E-state index contributed by atoms with van der Waals surface area (Å²) in [5, 5.41) is 2.94. The lowest BCUT2D eigenvalue weighted by molar-refractivity contribution is -0.118. The van der Waals surface area contributed by atoms with Crippen molar-refractivity contribution in [2.24, 2.45) is 16.5 Å². The van der Waals surface area contributed by atoms with Gasteiger partial charge in [0.25, 0.3) is 0 Å². The van der Waals surface area contributed by atoms with Crippen molar-refractivity contribution in [3.63, 3.8) is 0 Å². The van der Waals surface area contributed by atoms with Crippen molar-refractivity contribution in [1.29, 1.82) is 0 Å². The summed E-state index contributed by atoms with van der Waals surface area (Å²) in [7, 11) is 0. The Kier molecular flexibility index (Phi) is 4.85. The highest BCUT2D eigenvalue weighted by Gasteiger charge is 1.95. The number of benzene rings is 1. The van der Waals surface area contributed by atoms with E-state index in [4.69, 9.17) is 11.5 Å². The Balaban J connectivity index is 2.32.